The van der Waals surface area contributed by atoms with Crippen LogP contribution >= 0.6 is 0 Å². The Labute approximate surface area is 86.4 Å². The maximum absolute atomic E-state index is 5.56. The van der Waals surface area contributed by atoms with Gasteiger partial charge in [0.1, 0.15) is 12.9 Å². The van der Waals surface area contributed by atoms with Crippen LogP contribution in [0.2, 0.25) is 0 Å². The highest BCUT2D eigenvalue weighted by atomic mass is 16.7. The average molecular weight is 200 g/mol. The second kappa shape index (κ2) is 6.76. The van der Waals surface area contributed by atoms with Gasteiger partial charge in [0.15, 0.2) is 0 Å². The Balaban J connectivity index is 4.16. The van der Waals surface area contributed by atoms with Crippen molar-refractivity contribution < 1.29 is 14.2 Å². The van der Waals surface area contributed by atoms with Crippen molar-refractivity contribution in [2.75, 3.05) is 20.5 Å². The summed E-state index contributed by atoms with van der Waals surface area (Å²) in [5, 5.41) is 0. The normalized spacial score (nSPS) is 13.6. The third-order valence-corrected chi connectivity index (χ3v) is 1.84. The molecule has 0 aromatic rings. The van der Waals surface area contributed by atoms with Crippen molar-refractivity contribution in [2.24, 2.45) is 0 Å². The van der Waals surface area contributed by atoms with Gasteiger partial charge in [-0.15, -0.1) is 13.2 Å². The van der Waals surface area contributed by atoms with Crippen molar-refractivity contribution in [3.8, 4) is 0 Å². The smallest absolute Gasteiger partial charge is 0.147 e. The van der Waals surface area contributed by atoms with Gasteiger partial charge < -0.3 is 14.2 Å². The van der Waals surface area contributed by atoms with Crippen LogP contribution in [0.3, 0.4) is 0 Å². The fraction of sp³-hybridized carbons (Fsp3) is 0.636. The summed E-state index contributed by atoms with van der Waals surface area (Å²) < 4.78 is 15.8. The van der Waals surface area contributed by atoms with Crippen LogP contribution in [0.4, 0.5) is 0 Å². The molecule has 3 nitrogen and oxygen atoms in total. The lowest BCUT2D eigenvalue weighted by molar-refractivity contribution is -0.141. The molecule has 0 unspecified atom stereocenters. The first-order chi connectivity index (χ1) is 6.58. The molecule has 0 saturated carbocycles. The fourth-order valence-electron chi connectivity index (χ4n) is 1.05. The predicted octanol–water partition coefficient (Wildman–Crippen LogP) is 2.14. The zero-order chi connectivity index (χ0) is 11.0. The maximum atomic E-state index is 5.56. The van der Waals surface area contributed by atoms with Crippen LogP contribution in [-0.2, 0) is 14.2 Å². The Hall–Kier alpha value is -0.640. The van der Waals surface area contributed by atoms with E-state index in [4.69, 9.17) is 14.2 Å². The van der Waals surface area contributed by atoms with Crippen LogP contribution in [0.15, 0.2) is 25.3 Å². The first-order valence-electron chi connectivity index (χ1n) is 4.56. The molecule has 0 fully saturated rings. The molecule has 0 rings (SSSR count). The van der Waals surface area contributed by atoms with Gasteiger partial charge in [0, 0.05) is 7.11 Å². The van der Waals surface area contributed by atoms with E-state index in [-0.39, 0.29) is 12.9 Å². The lowest BCUT2D eigenvalue weighted by Gasteiger charge is -2.31. The lowest BCUT2D eigenvalue weighted by Crippen LogP contribution is -2.40. The summed E-state index contributed by atoms with van der Waals surface area (Å²) in [7, 11) is 1.58. The lowest BCUT2D eigenvalue weighted by atomic mass is 10.0. The third kappa shape index (κ3) is 4.56. The average Bonchev–Trinajstić information content (AvgIpc) is 2.16. The summed E-state index contributed by atoms with van der Waals surface area (Å²) in [6, 6.07) is 0. The van der Waals surface area contributed by atoms with Crippen LogP contribution in [0.25, 0.3) is 0 Å². The molecule has 3 heteroatoms. The van der Waals surface area contributed by atoms with E-state index in [1.165, 1.54) is 0 Å². The first kappa shape index (κ1) is 13.4. The quantitative estimate of drug-likeness (QED) is 0.444. The van der Waals surface area contributed by atoms with Gasteiger partial charge in [0.25, 0.3) is 0 Å². The third-order valence-electron chi connectivity index (χ3n) is 1.84. The number of methoxy groups -OCH3 is 1. The molecule has 0 aromatic heterocycles. The van der Waals surface area contributed by atoms with Crippen LogP contribution in [0.1, 0.15) is 13.8 Å². The minimum Gasteiger partial charge on any atom is -0.368 e. The van der Waals surface area contributed by atoms with Crippen LogP contribution in [0, 0.1) is 0 Å². The van der Waals surface area contributed by atoms with Crippen molar-refractivity contribution in [2.45, 2.75) is 25.6 Å². The molecule has 0 aromatic carbocycles. The van der Waals surface area contributed by atoms with Gasteiger partial charge >= 0.3 is 0 Å². The Kier molecular flexibility index (Phi) is 6.45. The minimum atomic E-state index is -0.422. The van der Waals surface area contributed by atoms with E-state index in [1.54, 1.807) is 19.3 Å². The molecule has 0 aliphatic rings. The molecule has 0 aliphatic carbocycles. The Morgan fingerprint density at radius 2 is 2.00 bits per heavy atom. The summed E-state index contributed by atoms with van der Waals surface area (Å²) in [5.74, 6) is 0. The van der Waals surface area contributed by atoms with E-state index < -0.39 is 5.60 Å². The van der Waals surface area contributed by atoms with Crippen molar-refractivity contribution in [3.05, 3.63) is 25.3 Å². The van der Waals surface area contributed by atoms with E-state index in [0.717, 1.165) is 0 Å². The summed E-state index contributed by atoms with van der Waals surface area (Å²) in [5.41, 5.74) is -0.422. The molecule has 0 amide bonds. The maximum Gasteiger partial charge on any atom is 0.147 e. The number of hydrogen-bond acceptors (Lipinski definition) is 3. The molecule has 14 heavy (non-hydrogen) atoms. The molecule has 0 bridgehead atoms. The largest absolute Gasteiger partial charge is 0.368 e. The molecule has 0 saturated heterocycles. The standard InChI is InChI=1S/C11H20O3/c1-6-8-14-11(3,4)10(7-2)13-9-12-5/h6-7,10H,1-2,8-9H2,3-5H3/t10-/m1/s1. The molecule has 82 valence electrons. The molecule has 0 N–H and O–H groups in total. The van der Waals surface area contributed by atoms with Gasteiger partial charge in [-0.25, -0.2) is 0 Å². The van der Waals surface area contributed by atoms with Crippen molar-refractivity contribution in [3.63, 3.8) is 0 Å². The van der Waals surface area contributed by atoms with Gasteiger partial charge in [-0.1, -0.05) is 12.2 Å². The number of rotatable bonds is 8. The highest BCUT2D eigenvalue weighted by Crippen LogP contribution is 2.18. The van der Waals surface area contributed by atoms with Gasteiger partial charge in [-0.05, 0) is 13.8 Å². The Morgan fingerprint density at radius 3 is 2.43 bits per heavy atom. The number of hydrogen-bond donors (Lipinski definition) is 0. The molecular weight excluding hydrogens is 180 g/mol. The zero-order valence-corrected chi connectivity index (χ0v) is 9.29. The summed E-state index contributed by atoms with van der Waals surface area (Å²) in [6.07, 6.45) is 3.22. The molecule has 1 atom stereocenters. The summed E-state index contributed by atoms with van der Waals surface area (Å²) in [4.78, 5) is 0. The van der Waals surface area contributed by atoms with Crippen LogP contribution in [0.5, 0.6) is 0 Å². The molecule has 0 radical (unpaired) electrons. The molecular formula is C11H20O3. The SMILES string of the molecule is C=CCOC(C)(C)[C@@H](C=C)OCOC. The first-order valence-corrected chi connectivity index (χ1v) is 4.56. The minimum absolute atomic E-state index is 0.192. The van der Waals surface area contributed by atoms with Crippen molar-refractivity contribution >= 4 is 0 Å². The predicted molar refractivity (Wildman–Crippen MR) is 57.2 cm³/mol. The number of ether oxygens (including phenoxy) is 3. The topological polar surface area (TPSA) is 27.7 Å². The van der Waals surface area contributed by atoms with Gasteiger partial charge in [-0.2, -0.15) is 0 Å². The van der Waals surface area contributed by atoms with E-state index in [2.05, 4.69) is 13.2 Å². The van der Waals surface area contributed by atoms with Crippen molar-refractivity contribution in [1.82, 2.24) is 0 Å². The zero-order valence-electron chi connectivity index (χ0n) is 9.29. The fourth-order valence-corrected chi connectivity index (χ4v) is 1.05. The highest BCUT2D eigenvalue weighted by molar-refractivity contribution is 4.94. The monoisotopic (exact) mass is 200 g/mol. The summed E-state index contributed by atoms with van der Waals surface area (Å²) in [6.45, 7) is 11.9. The van der Waals surface area contributed by atoms with Gasteiger partial charge in [0.2, 0.25) is 0 Å². The Bertz CT molecular complexity index is 175. The molecule has 0 heterocycles. The van der Waals surface area contributed by atoms with E-state index >= 15 is 0 Å². The van der Waals surface area contributed by atoms with Gasteiger partial charge in [-0.3, -0.25) is 0 Å². The van der Waals surface area contributed by atoms with Crippen LogP contribution < -0.4 is 0 Å². The van der Waals surface area contributed by atoms with Crippen molar-refractivity contribution in [1.29, 1.82) is 0 Å². The van der Waals surface area contributed by atoms with Gasteiger partial charge in [0.05, 0.1) is 12.2 Å². The Morgan fingerprint density at radius 1 is 1.36 bits per heavy atom. The second-order valence-corrected chi connectivity index (χ2v) is 3.43. The van der Waals surface area contributed by atoms with E-state index in [9.17, 15) is 0 Å². The van der Waals surface area contributed by atoms with E-state index in [1.807, 2.05) is 13.8 Å². The highest BCUT2D eigenvalue weighted by Gasteiger charge is 2.28. The molecule has 0 aliphatic heterocycles. The summed E-state index contributed by atoms with van der Waals surface area (Å²) >= 11 is 0. The van der Waals surface area contributed by atoms with Crippen LogP contribution in [-0.4, -0.2) is 32.2 Å². The van der Waals surface area contributed by atoms with E-state index in [0.29, 0.717) is 6.61 Å². The second-order valence-electron chi connectivity index (χ2n) is 3.43. The molecule has 0 spiro atoms.